The van der Waals surface area contributed by atoms with Crippen LogP contribution in [0.15, 0.2) is 0 Å². The van der Waals surface area contributed by atoms with Gasteiger partial charge in [0.15, 0.2) is 0 Å². The fourth-order valence-corrected chi connectivity index (χ4v) is 1.78. The molecule has 1 saturated heterocycles. The van der Waals surface area contributed by atoms with Gasteiger partial charge in [-0.3, -0.25) is 9.59 Å². The Morgan fingerprint density at radius 2 is 2.31 bits per heavy atom. The van der Waals surface area contributed by atoms with Crippen LogP contribution in [0.3, 0.4) is 0 Å². The highest BCUT2D eigenvalue weighted by Gasteiger charge is 2.31. The highest BCUT2D eigenvalue weighted by atomic mass is 16.3. The van der Waals surface area contributed by atoms with Crippen molar-refractivity contribution in [3.05, 3.63) is 0 Å². The number of nitrogens with two attached hydrogens (primary N) is 1. The largest absolute Gasteiger partial charge is 0.382 e. The van der Waals surface area contributed by atoms with E-state index in [0.717, 1.165) is 6.42 Å². The Morgan fingerprint density at radius 1 is 1.69 bits per heavy atom. The molecule has 92 valence electrons. The molecule has 1 aliphatic heterocycles. The molecule has 2 amide bonds. The summed E-state index contributed by atoms with van der Waals surface area (Å²) in [6.45, 7) is 0.647. The fraction of sp³-hybridized carbons (Fsp3) is 0.800. The first-order chi connectivity index (χ1) is 7.43. The third-order valence-electron chi connectivity index (χ3n) is 2.82. The van der Waals surface area contributed by atoms with Gasteiger partial charge >= 0.3 is 0 Å². The predicted octanol–water partition coefficient (Wildman–Crippen LogP) is -1.71. The van der Waals surface area contributed by atoms with Crippen molar-refractivity contribution in [2.45, 2.75) is 25.0 Å². The highest BCUT2D eigenvalue weighted by molar-refractivity contribution is 5.82. The number of rotatable bonds is 4. The SMILES string of the molecule is CN(C)C(=O)C(O)C(N)C[C@@H]1CCNC1=O. The zero-order valence-electron chi connectivity index (χ0n) is 9.64. The minimum absolute atomic E-state index is 0.0417. The maximum Gasteiger partial charge on any atom is 0.252 e. The summed E-state index contributed by atoms with van der Waals surface area (Å²) in [6.07, 6.45) is -0.175. The van der Waals surface area contributed by atoms with Crippen LogP contribution in [-0.2, 0) is 9.59 Å². The number of aliphatic hydroxyl groups excluding tert-OH is 1. The topological polar surface area (TPSA) is 95.7 Å². The summed E-state index contributed by atoms with van der Waals surface area (Å²) in [5.41, 5.74) is 5.72. The zero-order valence-corrected chi connectivity index (χ0v) is 9.64. The lowest BCUT2D eigenvalue weighted by atomic mass is 9.95. The molecule has 1 fully saturated rings. The average molecular weight is 229 g/mol. The zero-order chi connectivity index (χ0) is 12.3. The summed E-state index contributed by atoms with van der Waals surface area (Å²) in [4.78, 5) is 24.0. The van der Waals surface area contributed by atoms with Gasteiger partial charge in [-0.25, -0.2) is 0 Å². The van der Waals surface area contributed by atoms with E-state index in [9.17, 15) is 14.7 Å². The molecule has 0 aromatic rings. The van der Waals surface area contributed by atoms with E-state index in [1.807, 2.05) is 0 Å². The van der Waals surface area contributed by atoms with E-state index in [1.54, 1.807) is 14.1 Å². The Bertz CT molecular complexity index is 280. The lowest BCUT2D eigenvalue weighted by Gasteiger charge is -2.22. The third-order valence-corrected chi connectivity index (χ3v) is 2.82. The molecule has 0 spiro atoms. The second-order valence-electron chi connectivity index (χ2n) is 4.35. The van der Waals surface area contributed by atoms with Gasteiger partial charge in [-0.05, 0) is 12.8 Å². The van der Waals surface area contributed by atoms with Gasteiger partial charge in [0, 0.05) is 32.6 Å². The van der Waals surface area contributed by atoms with E-state index in [2.05, 4.69) is 5.32 Å². The molecule has 3 atom stereocenters. The molecule has 6 heteroatoms. The molecule has 16 heavy (non-hydrogen) atoms. The van der Waals surface area contributed by atoms with Crippen LogP contribution >= 0.6 is 0 Å². The van der Waals surface area contributed by atoms with E-state index < -0.39 is 18.1 Å². The van der Waals surface area contributed by atoms with Crippen LogP contribution in [0.5, 0.6) is 0 Å². The van der Waals surface area contributed by atoms with E-state index in [-0.39, 0.29) is 11.8 Å². The number of hydrogen-bond acceptors (Lipinski definition) is 4. The van der Waals surface area contributed by atoms with Gasteiger partial charge in [-0.1, -0.05) is 0 Å². The highest BCUT2D eigenvalue weighted by Crippen LogP contribution is 2.17. The molecule has 6 nitrogen and oxygen atoms in total. The Labute approximate surface area is 94.8 Å². The molecular formula is C10H19N3O3. The van der Waals surface area contributed by atoms with E-state index >= 15 is 0 Å². The van der Waals surface area contributed by atoms with E-state index in [4.69, 9.17) is 5.73 Å². The quantitative estimate of drug-likeness (QED) is 0.535. The van der Waals surface area contributed by atoms with Gasteiger partial charge in [-0.2, -0.15) is 0 Å². The minimum atomic E-state index is -1.23. The molecule has 0 bridgehead atoms. The summed E-state index contributed by atoms with van der Waals surface area (Å²) in [6, 6.07) is -0.691. The molecule has 1 heterocycles. The minimum Gasteiger partial charge on any atom is -0.382 e. The average Bonchev–Trinajstić information content (AvgIpc) is 2.62. The molecular weight excluding hydrogens is 210 g/mol. The predicted molar refractivity (Wildman–Crippen MR) is 58.4 cm³/mol. The standard InChI is InChI=1S/C10H19N3O3/c1-13(2)10(16)8(14)7(11)5-6-3-4-12-9(6)15/h6-8,14H,3-5,11H2,1-2H3,(H,12,15)/t6-,7?,8?/m0/s1. The van der Waals surface area contributed by atoms with Crippen LogP contribution in [0.1, 0.15) is 12.8 Å². The first-order valence-electron chi connectivity index (χ1n) is 5.36. The number of amides is 2. The van der Waals surface area contributed by atoms with Crippen molar-refractivity contribution in [2.75, 3.05) is 20.6 Å². The summed E-state index contributed by atoms with van der Waals surface area (Å²) in [7, 11) is 3.11. The number of likely N-dealkylation sites (N-methyl/N-ethyl adjacent to an activating group) is 1. The molecule has 0 saturated carbocycles. The molecule has 0 aliphatic carbocycles. The first-order valence-corrected chi connectivity index (χ1v) is 5.36. The van der Waals surface area contributed by atoms with Crippen molar-refractivity contribution >= 4 is 11.8 Å². The number of hydrogen-bond donors (Lipinski definition) is 3. The molecule has 0 radical (unpaired) electrons. The van der Waals surface area contributed by atoms with E-state index in [1.165, 1.54) is 4.90 Å². The van der Waals surface area contributed by atoms with Gasteiger partial charge in [0.25, 0.3) is 5.91 Å². The van der Waals surface area contributed by atoms with Crippen molar-refractivity contribution in [1.82, 2.24) is 10.2 Å². The molecule has 0 aromatic carbocycles. The first kappa shape index (κ1) is 12.9. The Morgan fingerprint density at radius 3 is 2.75 bits per heavy atom. The number of carbonyl (C=O) groups is 2. The summed E-state index contributed by atoms with van der Waals surface area (Å²) in [5.74, 6) is -0.648. The van der Waals surface area contributed by atoms with Crippen LogP contribution in [0.4, 0.5) is 0 Å². The van der Waals surface area contributed by atoms with Crippen molar-refractivity contribution < 1.29 is 14.7 Å². The second kappa shape index (κ2) is 5.27. The number of carbonyl (C=O) groups excluding carboxylic acids is 2. The van der Waals surface area contributed by atoms with Crippen LogP contribution in [0, 0.1) is 5.92 Å². The fourth-order valence-electron chi connectivity index (χ4n) is 1.78. The third kappa shape index (κ3) is 2.93. The normalized spacial score (nSPS) is 23.8. The molecule has 1 rings (SSSR count). The second-order valence-corrected chi connectivity index (χ2v) is 4.35. The molecule has 4 N–H and O–H groups in total. The molecule has 1 aliphatic rings. The summed E-state index contributed by atoms with van der Waals surface area (Å²) in [5, 5.41) is 12.3. The van der Waals surface area contributed by atoms with Gasteiger partial charge in [0.1, 0.15) is 6.10 Å². The van der Waals surface area contributed by atoms with Crippen molar-refractivity contribution in [1.29, 1.82) is 0 Å². The lowest BCUT2D eigenvalue weighted by molar-refractivity contribution is -0.139. The van der Waals surface area contributed by atoms with Gasteiger partial charge < -0.3 is 21.1 Å². The van der Waals surface area contributed by atoms with Crippen LogP contribution in [0.25, 0.3) is 0 Å². The van der Waals surface area contributed by atoms with Gasteiger partial charge in [0.05, 0.1) is 0 Å². The monoisotopic (exact) mass is 229 g/mol. The number of aliphatic hydroxyl groups is 1. The smallest absolute Gasteiger partial charge is 0.252 e. The summed E-state index contributed by atoms with van der Waals surface area (Å²) >= 11 is 0. The van der Waals surface area contributed by atoms with Crippen LogP contribution in [0.2, 0.25) is 0 Å². The number of nitrogens with one attached hydrogen (secondary N) is 1. The lowest BCUT2D eigenvalue weighted by Crippen LogP contribution is -2.47. The van der Waals surface area contributed by atoms with Crippen molar-refractivity contribution in [2.24, 2.45) is 11.7 Å². The Hall–Kier alpha value is -1.14. The Kier molecular flexibility index (Phi) is 4.26. The van der Waals surface area contributed by atoms with Crippen LogP contribution < -0.4 is 11.1 Å². The molecule has 2 unspecified atom stereocenters. The van der Waals surface area contributed by atoms with E-state index in [0.29, 0.717) is 13.0 Å². The van der Waals surface area contributed by atoms with Crippen molar-refractivity contribution in [3.63, 3.8) is 0 Å². The Balaban J connectivity index is 2.48. The molecule has 0 aromatic heterocycles. The maximum absolute atomic E-state index is 11.4. The maximum atomic E-state index is 11.4. The van der Waals surface area contributed by atoms with Gasteiger partial charge in [-0.15, -0.1) is 0 Å². The van der Waals surface area contributed by atoms with Gasteiger partial charge in [0.2, 0.25) is 5.91 Å². The number of nitrogens with zero attached hydrogens (tertiary/aromatic N) is 1. The summed E-state index contributed by atoms with van der Waals surface area (Å²) < 4.78 is 0. The van der Waals surface area contributed by atoms with Crippen molar-refractivity contribution in [3.8, 4) is 0 Å². The van der Waals surface area contributed by atoms with Crippen LogP contribution in [-0.4, -0.2) is 54.6 Å².